The Morgan fingerprint density at radius 2 is 1.88 bits per heavy atom. The maximum Gasteiger partial charge on any atom is 0.231 e. The van der Waals surface area contributed by atoms with Crippen molar-refractivity contribution in [3.8, 4) is 0 Å². The van der Waals surface area contributed by atoms with Crippen LogP contribution in [0, 0.1) is 0 Å². The molecule has 3 atom stereocenters. The molecule has 170 valence electrons. The Kier molecular flexibility index (Phi) is 6.33. The number of halogens is 1. The van der Waals surface area contributed by atoms with Crippen molar-refractivity contribution in [1.29, 1.82) is 0 Å². The summed E-state index contributed by atoms with van der Waals surface area (Å²) in [7, 11) is 0. The van der Waals surface area contributed by atoms with Crippen LogP contribution in [0.25, 0.3) is 0 Å². The normalized spacial score (nSPS) is 24.3. The number of hydrogen-bond acceptors (Lipinski definition) is 5. The number of carbonyl (C=O) groups is 1. The number of piperazine rings is 1. The molecule has 0 bridgehead atoms. The molecule has 32 heavy (non-hydrogen) atoms. The Morgan fingerprint density at radius 1 is 1.09 bits per heavy atom. The average Bonchev–Trinajstić information content (AvgIpc) is 3.22. The second-order valence-corrected chi connectivity index (χ2v) is 9.83. The van der Waals surface area contributed by atoms with Crippen molar-refractivity contribution in [1.82, 2.24) is 20.2 Å². The number of benzene rings is 1. The fraction of sp³-hybridized carbons (Fsp3) is 0.560. The van der Waals surface area contributed by atoms with Crippen molar-refractivity contribution in [2.45, 2.75) is 56.9 Å². The van der Waals surface area contributed by atoms with Gasteiger partial charge in [0.05, 0.1) is 5.92 Å². The van der Waals surface area contributed by atoms with E-state index < -0.39 is 0 Å². The largest absolute Gasteiger partial charge is 0.353 e. The van der Waals surface area contributed by atoms with E-state index in [4.69, 9.17) is 11.6 Å². The molecule has 0 saturated carbocycles. The van der Waals surface area contributed by atoms with E-state index in [-0.39, 0.29) is 17.9 Å². The Hall–Kier alpha value is -2.18. The van der Waals surface area contributed by atoms with Crippen LogP contribution in [0.3, 0.4) is 0 Å². The summed E-state index contributed by atoms with van der Waals surface area (Å²) in [4.78, 5) is 27.3. The van der Waals surface area contributed by atoms with Crippen molar-refractivity contribution in [2.24, 2.45) is 0 Å². The second kappa shape index (κ2) is 9.36. The molecule has 0 spiro atoms. The lowest BCUT2D eigenvalue weighted by Gasteiger charge is -2.40. The first-order valence-electron chi connectivity index (χ1n) is 12.0. The van der Waals surface area contributed by atoms with Crippen LogP contribution in [0.5, 0.6) is 0 Å². The molecule has 2 fully saturated rings. The fourth-order valence-corrected chi connectivity index (χ4v) is 5.72. The monoisotopic (exact) mass is 453 g/mol. The Morgan fingerprint density at radius 3 is 2.59 bits per heavy atom. The first-order chi connectivity index (χ1) is 15.6. The molecule has 1 aromatic heterocycles. The highest BCUT2D eigenvalue weighted by atomic mass is 35.5. The van der Waals surface area contributed by atoms with E-state index in [1.54, 1.807) is 6.33 Å². The van der Waals surface area contributed by atoms with Crippen LogP contribution in [0.1, 0.15) is 61.3 Å². The van der Waals surface area contributed by atoms with Gasteiger partial charge in [-0.1, -0.05) is 37.1 Å². The molecule has 0 unspecified atom stereocenters. The molecule has 0 radical (unpaired) electrons. The Labute approximate surface area is 195 Å². The number of nitrogens with one attached hydrogen (secondary N) is 1. The lowest BCUT2D eigenvalue weighted by atomic mass is 9.85. The lowest BCUT2D eigenvalue weighted by molar-refractivity contribution is -0.134. The summed E-state index contributed by atoms with van der Waals surface area (Å²) < 4.78 is 0. The quantitative estimate of drug-likeness (QED) is 0.763. The van der Waals surface area contributed by atoms with Gasteiger partial charge in [-0.3, -0.25) is 4.79 Å². The van der Waals surface area contributed by atoms with Crippen LogP contribution < -0.4 is 10.2 Å². The highest BCUT2D eigenvalue weighted by Crippen LogP contribution is 2.37. The van der Waals surface area contributed by atoms with Gasteiger partial charge in [0.1, 0.15) is 12.1 Å². The van der Waals surface area contributed by atoms with Gasteiger partial charge in [-0.2, -0.15) is 0 Å². The first kappa shape index (κ1) is 21.7. The maximum atomic E-state index is 13.8. The van der Waals surface area contributed by atoms with Gasteiger partial charge in [-0.25, -0.2) is 9.97 Å². The van der Waals surface area contributed by atoms with E-state index in [1.165, 1.54) is 24.1 Å². The molecule has 7 heteroatoms. The van der Waals surface area contributed by atoms with E-state index in [0.29, 0.717) is 10.9 Å². The molecule has 3 heterocycles. The molecule has 3 aliphatic rings. The predicted octanol–water partition coefficient (Wildman–Crippen LogP) is 3.75. The lowest BCUT2D eigenvalue weighted by Crippen LogP contribution is -2.53. The van der Waals surface area contributed by atoms with Gasteiger partial charge in [0.25, 0.3) is 0 Å². The number of rotatable bonds is 4. The zero-order valence-electron chi connectivity index (χ0n) is 18.8. The number of aryl methyl sites for hydroxylation is 1. The molecule has 1 aromatic carbocycles. The average molecular weight is 454 g/mol. The summed E-state index contributed by atoms with van der Waals surface area (Å²) in [6.07, 6.45) is 7.27. The van der Waals surface area contributed by atoms with Crippen LogP contribution in [-0.2, 0) is 11.2 Å². The van der Waals surface area contributed by atoms with Crippen molar-refractivity contribution in [3.63, 3.8) is 0 Å². The minimum absolute atomic E-state index is 0.164. The number of amides is 1. The first-order valence-corrected chi connectivity index (χ1v) is 12.4. The summed E-state index contributed by atoms with van der Waals surface area (Å²) in [5.74, 6) is 1.65. The van der Waals surface area contributed by atoms with Crippen molar-refractivity contribution >= 4 is 23.3 Å². The highest BCUT2D eigenvalue weighted by molar-refractivity contribution is 6.30. The number of nitrogens with zero attached hydrogens (tertiary/aromatic N) is 4. The van der Waals surface area contributed by atoms with Crippen LogP contribution in [0.4, 0.5) is 5.82 Å². The van der Waals surface area contributed by atoms with Crippen molar-refractivity contribution < 1.29 is 4.79 Å². The maximum absolute atomic E-state index is 13.8. The molecular weight excluding hydrogens is 422 g/mol. The van der Waals surface area contributed by atoms with Crippen LogP contribution in [0.2, 0.25) is 5.02 Å². The summed E-state index contributed by atoms with van der Waals surface area (Å²) in [5, 5.41) is 4.32. The van der Waals surface area contributed by atoms with Crippen LogP contribution in [-0.4, -0.2) is 59.5 Å². The standard InChI is InChI=1S/C25H32ClN5O/c1-17-5-10-21-22(17)24(29-16-28-21)30-12-14-31(15-13-30)25(32)23(20-4-2-3-11-27-20)18-6-8-19(26)9-7-18/h6-9,16-17,20,23,27H,2-5,10-15H2,1H3/t17-,20+,23+/m1/s1. The van der Waals surface area contributed by atoms with Gasteiger partial charge in [0.2, 0.25) is 5.91 Å². The molecule has 1 amide bonds. The van der Waals surface area contributed by atoms with Crippen molar-refractivity contribution in [2.75, 3.05) is 37.6 Å². The third-order valence-corrected chi connectivity index (χ3v) is 7.64. The minimum atomic E-state index is -0.164. The van der Waals surface area contributed by atoms with Crippen molar-refractivity contribution in [3.05, 3.63) is 52.4 Å². The summed E-state index contributed by atoms with van der Waals surface area (Å²) in [5.41, 5.74) is 3.58. The third kappa shape index (κ3) is 4.23. The molecule has 1 N–H and O–H groups in total. The molecule has 6 nitrogen and oxygen atoms in total. The number of aromatic nitrogens is 2. The van der Waals surface area contributed by atoms with E-state index in [9.17, 15) is 4.79 Å². The summed E-state index contributed by atoms with van der Waals surface area (Å²) in [6.45, 7) is 6.32. The van der Waals surface area contributed by atoms with Gasteiger partial charge in [0, 0.05) is 48.5 Å². The summed E-state index contributed by atoms with van der Waals surface area (Å²) in [6, 6.07) is 8.01. The minimum Gasteiger partial charge on any atom is -0.353 e. The third-order valence-electron chi connectivity index (χ3n) is 7.39. The van der Waals surface area contributed by atoms with Gasteiger partial charge in [-0.05, 0) is 55.8 Å². The number of hydrogen-bond donors (Lipinski definition) is 1. The molecule has 2 saturated heterocycles. The number of carbonyl (C=O) groups excluding carboxylic acids is 1. The molecule has 5 rings (SSSR count). The number of anilines is 1. The SMILES string of the molecule is C[C@@H]1CCc2ncnc(N3CCN(C(=O)[C@@H](c4ccc(Cl)cc4)[C@@H]4CCCCN4)CC3)c21. The second-order valence-electron chi connectivity index (χ2n) is 9.40. The number of fused-ring (bicyclic) bond motifs is 1. The van der Waals surface area contributed by atoms with Gasteiger partial charge >= 0.3 is 0 Å². The predicted molar refractivity (Wildman–Crippen MR) is 127 cm³/mol. The van der Waals surface area contributed by atoms with Crippen LogP contribution in [0.15, 0.2) is 30.6 Å². The highest BCUT2D eigenvalue weighted by Gasteiger charge is 2.36. The molecule has 1 aliphatic carbocycles. The van der Waals surface area contributed by atoms with E-state index >= 15 is 0 Å². The summed E-state index contributed by atoms with van der Waals surface area (Å²) >= 11 is 6.13. The Balaban J connectivity index is 1.32. The van der Waals surface area contributed by atoms with E-state index in [0.717, 1.165) is 63.4 Å². The Bertz CT molecular complexity index is 951. The smallest absolute Gasteiger partial charge is 0.231 e. The van der Waals surface area contributed by atoms with Gasteiger partial charge in [0.15, 0.2) is 0 Å². The zero-order chi connectivity index (χ0) is 22.1. The number of piperidine rings is 1. The van der Waals surface area contributed by atoms with Gasteiger partial charge < -0.3 is 15.1 Å². The topological polar surface area (TPSA) is 61.4 Å². The molecular formula is C25H32ClN5O. The van der Waals surface area contributed by atoms with E-state index in [1.807, 2.05) is 24.3 Å². The van der Waals surface area contributed by atoms with Gasteiger partial charge in [-0.15, -0.1) is 0 Å². The zero-order valence-corrected chi connectivity index (χ0v) is 19.5. The van der Waals surface area contributed by atoms with E-state index in [2.05, 4.69) is 32.0 Å². The fourth-order valence-electron chi connectivity index (χ4n) is 5.59. The molecule has 2 aliphatic heterocycles. The van der Waals surface area contributed by atoms with Crippen LogP contribution >= 0.6 is 11.6 Å². The molecule has 2 aromatic rings.